The van der Waals surface area contributed by atoms with Gasteiger partial charge in [0, 0.05) is 36.5 Å². The number of nitro benzene ring substituents is 1. The van der Waals surface area contributed by atoms with Crippen LogP contribution in [0.1, 0.15) is 17.3 Å². The number of hydrogen-bond acceptors (Lipinski definition) is 6. The van der Waals surface area contributed by atoms with Gasteiger partial charge in [-0.05, 0) is 43.3 Å². The third-order valence-electron chi connectivity index (χ3n) is 4.24. The van der Waals surface area contributed by atoms with Crippen molar-refractivity contribution in [3.05, 3.63) is 64.2 Å². The average molecular weight is 353 g/mol. The Hall–Kier alpha value is -3.29. The zero-order chi connectivity index (χ0) is 18.5. The number of Topliss-reactive ketones (excluding diaryl/α,β-unsaturated/α-hetero) is 1. The molecule has 0 atom stereocenters. The van der Waals surface area contributed by atoms with Crippen molar-refractivity contribution in [2.24, 2.45) is 10.3 Å². The SMILES string of the molecule is CC(=O)c1ccc(N2CCN(/N=N/c3ccc([N+](=O)[O-])cc3)CC2)cc1. The molecule has 2 aromatic rings. The third-order valence-corrected chi connectivity index (χ3v) is 4.24. The fourth-order valence-electron chi connectivity index (χ4n) is 2.71. The van der Waals surface area contributed by atoms with Crippen LogP contribution < -0.4 is 4.90 Å². The van der Waals surface area contributed by atoms with Crippen molar-refractivity contribution in [2.75, 3.05) is 31.1 Å². The average Bonchev–Trinajstić information content (AvgIpc) is 2.67. The van der Waals surface area contributed by atoms with Crippen LogP contribution in [0.4, 0.5) is 17.1 Å². The van der Waals surface area contributed by atoms with Gasteiger partial charge in [-0.3, -0.25) is 19.9 Å². The van der Waals surface area contributed by atoms with E-state index in [9.17, 15) is 14.9 Å². The molecule has 1 aliphatic rings. The monoisotopic (exact) mass is 353 g/mol. The number of benzene rings is 2. The molecule has 1 saturated heterocycles. The third kappa shape index (κ3) is 4.21. The van der Waals surface area contributed by atoms with Gasteiger partial charge in [-0.15, -0.1) is 5.11 Å². The Balaban J connectivity index is 1.54. The van der Waals surface area contributed by atoms with Gasteiger partial charge < -0.3 is 4.90 Å². The van der Waals surface area contributed by atoms with Gasteiger partial charge >= 0.3 is 0 Å². The number of nitro groups is 1. The molecule has 8 nitrogen and oxygen atoms in total. The summed E-state index contributed by atoms with van der Waals surface area (Å²) in [5.74, 6) is 0.0630. The van der Waals surface area contributed by atoms with E-state index in [2.05, 4.69) is 15.2 Å². The standard InChI is InChI=1S/C18H19N5O3/c1-14(24)15-2-6-17(7-3-15)21-10-12-22(13-11-21)20-19-16-4-8-18(9-5-16)23(25)26/h2-9H,10-13H2,1H3/b20-19+. The van der Waals surface area contributed by atoms with Gasteiger partial charge in [0.1, 0.15) is 0 Å². The van der Waals surface area contributed by atoms with Crippen LogP contribution in [0, 0.1) is 10.1 Å². The molecule has 0 bridgehead atoms. The molecule has 134 valence electrons. The maximum Gasteiger partial charge on any atom is 0.269 e. The van der Waals surface area contributed by atoms with Crippen molar-refractivity contribution in [1.29, 1.82) is 0 Å². The predicted molar refractivity (Wildman–Crippen MR) is 97.8 cm³/mol. The Bertz CT molecular complexity index is 810. The lowest BCUT2D eigenvalue weighted by atomic mass is 10.1. The van der Waals surface area contributed by atoms with E-state index in [0.29, 0.717) is 11.3 Å². The quantitative estimate of drug-likeness (QED) is 0.354. The van der Waals surface area contributed by atoms with Crippen LogP contribution in [0.15, 0.2) is 58.9 Å². The van der Waals surface area contributed by atoms with Gasteiger partial charge in [0.05, 0.1) is 23.7 Å². The van der Waals surface area contributed by atoms with Crippen molar-refractivity contribution in [2.45, 2.75) is 6.92 Å². The zero-order valence-corrected chi connectivity index (χ0v) is 14.4. The molecule has 3 rings (SSSR count). The van der Waals surface area contributed by atoms with Crippen LogP contribution in [-0.4, -0.2) is 41.9 Å². The van der Waals surface area contributed by atoms with Crippen molar-refractivity contribution >= 4 is 22.8 Å². The van der Waals surface area contributed by atoms with E-state index in [-0.39, 0.29) is 11.5 Å². The van der Waals surface area contributed by atoms with Crippen LogP contribution in [0.25, 0.3) is 0 Å². The summed E-state index contributed by atoms with van der Waals surface area (Å²) in [5.41, 5.74) is 2.41. The Kier molecular flexibility index (Phi) is 5.21. The van der Waals surface area contributed by atoms with Crippen LogP contribution in [0.3, 0.4) is 0 Å². The Labute approximate surface area is 150 Å². The molecule has 26 heavy (non-hydrogen) atoms. The predicted octanol–water partition coefficient (Wildman–Crippen LogP) is 3.62. The lowest BCUT2D eigenvalue weighted by Crippen LogP contribution is -2.43. The highest BCUT2D eigenvalue weighted by atomic mass is 16.6. The number of rotatable bonds is 5. The minimum Gasteiger partial charge on any atom is -0.368 e. The lowest BCUT2D eigenvalue weighted by Gasteiger charge is -2.33. The van der Waals surface area contributed by atoms with E-state index in [1.54, 1.807) is 19.1 Å². The number of non-ortho nitro benzene ring substituents is 1. The first-order chi connectivity index (χ1) is 12.5. The highest BCUT2D eigenvalue weighted by Gasteiger charge is 2.16. The molecule has 0 amide bonds. The molecular weight excluding hydrogens is 334 g/mol. The van der Waals surface area contributed by atoms with Gasteiger partial charge in [-0.2, -0.15) is 0 Å². The van der Waals surface area contributed by atoms with Gasteiger partial charge in [0.15, 0.2) is 5.78 Å². The lowest BCUT2D eigenvalue weighted by molar-refractivity contribution is -0.384. The van der Waals surface area contributed by atoms with Gasteiger partial charge in [0.2, 0.25) is 0 Å². The second-order valence-corrected chi connectivity index (χ2v) is 6.01. The van der Waals surface area contributed by atoms with Crippen molar-refractivity contribution in [1.82, 2.24) is 5.01 Å². The first kappa shape index (κ1) is 17.5. The largest absolute Gasteiger partial charge is 0.368 e. The van der Waals surface area contributed by atoms with Crippen LogP contribution in [0.5, 0.6) is 0 Å². The van der Waals surface area contributed by atoms with E-state index < -0.39 is 4.92 Å². The number of nitrogens with zero attached hydrogens (tertiary/aromatic N) is 5. The number of anilines is 1. The van der Waals surface area contributed by atoms with Crippen LogP contribution >= 0.6 is 0 Å². The number of hydrogen-bond donors (Lipinski definition) is 0. The Morgan fingerprint density at radius 3 is 2.15 bits per heavy atom. The molecule has 2 aromatic carbocycles. The highest BCUT2D eigenvalue weighted by molar-refractivity contribution is 5.94. The summed E-state index contributed by atoms with van der Waals surface area (Å²) in [6, 6.07) is 13.6. The first-order valence-electron chi connectivity index (χ1n) is 8.30. The molecule has 1 aliphatic heterocycles. The zero-order valence-electron chi connectivity index (χ0n) is 14.4. The summed E-state index contributed by atoms with van der Waals surface area (Å²) >= 11 is 0. The Morgan fingerprint density at radius 2 is 1.62 bits per heavy atom. The second-order valence-electron chi connectivity index (χ2n) is 6.01. The highest BCUT2D eigenvalue weighted by Crippen LogP contribution is 2.20. The molecule has 0 saturated carbocycles. The molecule has 1 fully saturated rings. The second kappa shape index (κ2) is 7.73. The summed E-state index contributed by atoms with van der Waals surface area (Å²) < 4.78 is 0. The van der Waals surface area contributed by atoms with Crippen molar-refractivity contribution in [3.8, 4) is 0 Å². The number of ketones is 1. The maximum absolute atomic E-state index is 11.3. The van der Waals surface area contributed by atoms with Gasteiger partial charge in [-0.1, -0.05) is 5.22 Å². The Morgan fingerprint density at radius 1 is 1.00 bits per heavy atom. The van der Waals surface area contributed by atoms with E-state index in [0.717, 1.165) is 31.9 Å². The van der Waals surface area contributed by atoms with Crippen molar-refractivity contribution in [3.63, 3.8) is 0 Å². The first-order valence-corrected chi connectivity index (χ1v) is 8.30. The molecule has 0 aromatic heterocycles. The van der Waals surface area contributed by atoms with E-state index in [1.165, 1.54) is 12.1 Å². The summed E-state index contributed by atoms with van der Waals surface area (Å²) in [7, 11) is 0. The van der Waals surface area contributed by atoms with Crippen LogP contribution in [-0.2, 0) is 0 Å². The molecule has 8 heteroatoms. The molecule has 0 unspecified atom stereocenters. The smallest absolute Gasteiger partial charge is 0.269 e. The van der Waals surface area contributed by atoms with E-state index in [1.807, 2.05) is 29.3 Å². The topological polar surface area (TPSA) is 91.4 Å². The molecule has 0 spiro atoms. The van der Waals surface area contributed by atoms with Crippen molar-refractivity contribution < 1.29 is 9.72 Å². The van der Waals surface area contributed by atoms with Gasteiger partial charge in [0.25, 0.3) is 5.69 Å². The summed E-state index contributed by atoms with van der Waals surface area (Å²) in [4.78, 5) is 23.8. The number of carbonyl (C=O) groups excluding carboxylic acids is 1. The molecule has 0 radical (unpaired) electrons. The molecule has 1 heterocycles. The molecule has 0 aliphatic carbocycles. The minimum atomic E-state index is -0.441. The van der Waals surface area contributed by atoms with E-state index >= 15 is 0 Å². The summed E-state index contributed by atoms with van der Waals surface area (Å²) in [5, 5.41) is 20.9. The number of carbonyl (C=O) groups is 1. The minimum absolute atomic E-state index is 0.0355. The molecule has 0 N–H and O–H groups in total. The van der Waals surface area contributed by atoms with Gasteiger partial charge in [-0.25, -0.2) is 0 Å². The number of piperazine rings is 1. The van der Waals surface area contributed by atoms with Crippen LogP contribution in [0.2, 0.25) is 0 Å². The van der Waals surface area contributed by atoms with E-state index in [4.69, 9.17) is 0 Å². The normalized spacial score (nSPS) is 14.7. The molecular formula is C18H19N5O3. The fraction of sp³-hybridized carbons (Fsp3) is 0.278. The maximum atomic E-state index is 11.3. The summed E-state index contributed by atoms with van der Waals surface area (Å²) in [6.45, 7) is 4.62. The summed E-state index contributed by atoms with van der Waals surface area (Å²) in [6.07, 6.45) is 0. The fourth-order valence-corrected chi connectivity index (χ4v) is 2.71.